The fraction of sp³-hybridized carbons (Fsp3) is 0.0769. The first-order valence-corrected chi connectivity index (χ1v) is 5.97. The number of benzene rings is 1. The van der Waals surface area contributed by atoms with E-state index in [9.17, 15) is 9.18 Å². The molecule has 0 spiro atoms. The number of halogens is 2. The average molecular weight is 278 g/mol. The minimum absolute atomic E-state index is 0.193. The smallest absolute Gasteiger partial charge is 0.255 e. The first kappa shape index (κ1) is 11.9. The van der Waals surface area contributed by atoms with E-state index >= 15 is 0 Å². The Morgan fingerprint density at radius 3 is 2.89 bits per heavy atom. The van der Waals surface area contributed by atoms with Gasteiger partial charge in [0.1, 0.15) is 5.82 Å². The molecule has 96 valence electrons. The normalized spacial score (nSPS) is 13.3. The molecule has 3 rings (SSSR count). The van der Waals surface area contributed by atoms with E-state index < -0.39 is 5.82 Å². The van der Waals surface area contributed by atoms with E-state index in [1.807, 2.05) is 0 Å². The molecule has 0 aliphatic carbocycles. The van der Waals surface area contributed by atoms with Gasteiger partial charge in [-0.2, -0.15) is 0 Å². The molecule has 0 saturated heterocycles. The van der Waals surface area contributed by atoms with E-state index in [2.05, 4.69) is 10.3 Å². The van der Waals surface area contributed by atoms with E-state index in [1.165, 1.54) is 18.2 Å². The van der Waals surface area contributed by atoms with Crippen molar-refractivity contribution in [3.8, 4) is 11.3 Å². The lowest BCUT2D eigenvalue weighted by molar-refractivity contribution is 0.0966. The molecule has 3 N–H and O–H groups in total. The van der Waals surface area contributed by atoms with Crippen LogP contribution in [0.5, 0.6) is 0 Å². The van der Waals surface area contributed by atoms with Gasteiger partial charge in [-0.1, -0.05) is 17.7 Å². The molecule has 1 amide bonds. The Morgan fingerprint density at radius 2 is 2.16 bits per heavy atom. The van der Waals surface area contributed by atoms with E-state index in [-0.39, 0.29) is 28.7 Å². The number of nitrogen functional groups attached to an aromatic ring is 1. The minimum Gasteiger partial charge on any atom is -0.398 e. The fourth-order valence-electron chi connectivity index (χ4n) is 2.13. The molecule has 0 saturated carbocycles. The lowest BCUT2D eigenvalue weighted by Crippen LogP contribution is -2.13. The fourth-order valence-corrected chi connectivity index (χ4v) is 2.39. The Hall–Kier alpha value is -2.14. The number of amides is 1. The van der Waals surface area contributed by atoms with E-state index in [4.69, 9.17) is 17.3 Å². The third kappa shape index (κ3) is 1.82. The number of carbonyl (C=O) groups is 1. The van der Waals surface area contributed by atoms with Gasteiger partial charge >= 0.3 is 0 Å². The first-order valence-electron chi connectivity index (χ1n) is 5.60. The van der Waals surface area contributed by atoms with Crippen molar-refractivity contribution in [3.63, 3.8) is 0 Å². The summed E-state index contributed by atoms with van der Waals surface area (Å²) in [4.78, 5) is 15.8. The number of pyridine rings is 1. The number of fused-ring (bicyclic) bond motifs is 1. The summed E-state index contributed by atoms with van der Waals surface area (Å²) in [5, 5.41) is 2.88. The van der Waals surface area contributed by atoms with Crippen LogP contribution < -0.4 is 11.1 Å². The maximum Gasteiger partial charge on any atom is 0.255 e. The molecule has 1 aromatic carbocycles. The summed E-state index contributed by atoms with van der Waals surface area (Å²) in [6, 6.07) is 5.86. The van der Waals surface area contributed by atoms with Crippen molar-refractivity contribution in [1.82, 2.24) is 10.3 Å². The molecule has 19 heavy (non-hydrogen) atoms. The molecule has 6 heteroatoms. The summed E-state index contributed by atoms with van der Waals surface area (Å²) >= 11 is 5.99. The van der Waals surface area contributed by atoms with Crippen molar-refractivity contribution >= 4 is 23.2 Å². The van der Waals surface area contributed by atoms with Crippen LogP contribution in [0.1, 0.15) is 16.1 Å². The first-order chi connectivity index (χ1) is 9.08. The van der Waals surface area contributed by atoms with Gasteiger partial charge in [0, 0.05) is 5.69 Å². The highest BCUT2D eigenvalue weighted by atomic mass is 35.5. The lowest BCUT2D eigenvalue weighted by atomic mass is 10.1. The quantitative estimate of drug-likeness (QED) is 0.841. The Bertz CT molecular complexity index is 682. The second kappa shape index (κ2) is 4.20. The zero-order valence-electron chi connectivity index (χ0n) is 9.71. The van der Waals surface area contributed by atoms with Crippen molar-refractivity contribution < 1.29 is 9.18 Å². The summed E-state index contributed by atoms with van der Waals surface area (Å²) in [5.41, 5.74) is 7.50. The van der Waals surface area contributed by atoms with Crippen molar-refractivity contribution in [1.29, 1.82) is 0 Å². The third-order valence-corrected chi connectivity index (χ3v) is 3.30. The molecule has 0 bridgehead atoms. The van der Waals surface area contributed by atoms with Gasteiger partial charge in [0.25, 0.3) is 5.91 Å². The van der Waals surface area contributed by atoms with Gasteiger partial charge in [-0.3, -0.25) is 4.79 Å². The van der Waals surface area contributed by atoms with Crippen LogP contribution in [0.15, 0.2) is 24.3 Å². The lowest BCUT2D eigenvalue weighted by Gasteiger charge is -2.08. The summed E-state index contributed by atoms with van der Waals surface area (Å²) < 4.78 is 13.8. The van der Waals surface area contributed by atoms with Gasteiger partial charge in [0.05, 0.1) is 34.1 Å². The molecule has 2 aromatic rings. The Morgan fingerprint density at radius 1 is 1.37 bits per heavy atom. The maximum absolute atomic E-state index is 13.8. The number of hydrogen-bond donors (Lipinski definition) is 2. The van der Waals surface area contributed by atoms with Crippen LogP contribution in [-0.4, -0.2) is 10.9 Å². The SMILES string of the molecule is Nc1cc(-c2c(F)cccc2Cl)nc2c1C(=O)NC2. The largest absolute Gasteiger partial charge is 0.398 e. The molecular weight excluding hydrogens is 269 g/mol. The van der Waals surface area contributed by atoms with Gasteiger partial charge in [0.2, 0.25) is 0 Å². The second-order valence-electron chi connectivity index (χ2n) is 4.20. The topological polar surface area (TPSA) is 68.0 Å². The van der Waals surface area contributed by atoms with Gasteiger partial charge in [0.15, 0.2) is 0 Å². The number of anilines is 1. The molecule has 0 atom stereocenters. The minimum atomic E-state index is -0.475. The predicted molar refractivity (Wildman–Crippen MR) is 70.2 cm³/mol. The van der Waals surface area contributed by atoms with E-state index in [1.54, 1.807) is 6.07 Å². The number of nitrogens with one attached hydrogen (secondary N) is 1. The van der Waals surface area contributed by atoms with Crippen LogP contribution in [-0.2, 0) is 6.54 Å². The Labute approximate surface area is 113 Å². The van der Waals surface area contributed by atoms with Crippen molar-refractivity contribution in [2.24, 2.45) is 0 Å². The molecule has 2 heterocycles. The van der Waals surface area contributed by atoms with Crippen LogP contribution in [0.2, 0.25) is 5.02 Å². The molecule has 1 aliphatic heterocycles. The van der Waals surface area contributed by atoms with Crippen molar-refractivity contribution in [3.05, 3.63) is 46.4 Å². The highest BCUT2D eigenvalue weighted by molar-refractivity contribution is 6.33. The van der Waals surface area contributed by atoms with Gasteiger partial charge in [-0.05, 0) is 18.2 Å². The number of hydrogen-bond acceptors (Lipinski definition) is 3. The summed E-state index contributed by atoms with van der Waals surface area (Å²) in [6.07, 6.45) is 0. The summed E-state index contributed by atoms with van der Waals surface area (Å²) in [7, 11) is 0. The number of rotatable bonds is 1. The van der Waals surface area contributed by atoms with Gasteiger partial charge in [-0.25, -0.2) is 9.37 Å². The second-order valence-corrected chi connectivity index (χ2v) is 4.60. The summed E-state index contributed by atoms with van der Waals surface area (Å²) in [5.74, 6) is -0.734. The van der Waals surface area contributed by atoms with Crippen LogP contribution in [0.3, 0.4) is 0 Å². The van der Waals surface area contributed by atoms with Crippen LogP contribution >= 0.6 is 11.6 Å². The average Bonchev–Trinajstić information content (AvgIpc) is 2.71. The van der Waals surface area contributed by atoms with Crippen LogP contribution in [0.4, 0.5) is 10.1 Å². The van der Waals surface area contributed by atoms with E-state index in [0.717, 1.165) is 0 Å². The molecule has 0 radical (unpaired) electrons. The maximum atomic E-state index is 13.8. The third-order valence-electron chi connectivity index (χ3n) is 2.99. The molecular formula is C13H9ClFN3O. The van der Waals surface area contributed by atoms with Crippen molar-refractivity contribution in [2.75, 3.05) is 5.73 Å². The standard InChI is InChI=1S/C13H9ClFN3O/c14-6-2-1-3-7(15)11(6)9-4-8(16)12-10(18-9)5-17-13(12)19/h1-4H,5H2,(H2,16,18)(H,17,19). The monoisotopic (exact) mass is 277 g/mol. The van der Waals surface area contributed by atoms with Crippen LogP contribution in [0, 0.1) is 5.82 Å². The Balaban J connectivity index is 2.23. The molecule has 0 fully saturated rings. The summed E-state index contributed by atoms with van der Waals surface area (Å²) in [6.45, 7) is 0.290. The molecule has 1 aliphatic rings. The highest BCUT2D eigenvalue weighted by Crippen LogP contribution is 2.32. The van der Waals surface area contributed by atoms with Gasteiger partial charge in [-0.15, -0.1) is 0 Å². The van der Waals surface area contributed by atoms with E-state index in [0.29, 0.717) is 17.0 Å². The predicted octanol–water partition coefficient (Wildman–Crippen LogP) is 2.37. The molecule has 4 nitrogen and oxygen atoms in total. The number of nitrogens with two attached hydrogens (primary N) is 1. The van der Waals surface area contributed by atoms with Gasteiger partial charge < -0.3 is 11.1 Å². The number of carbonyl (C=O) groups excluding carboxylic acids is 1. The highest BCUT2D eigenvalue weighted by Gasteiger charge is 2.25. The van der Waals surface area contributed by atoms with Crippen molar-refractivity contribution in [2.45, 2.75) is 6.54 Å². The zero-order valence-corrected chi connectivity index (χ0v) is 10.5. The van der Waals surface area contributed by atoms with Crippen LogP contribution in [0.25, 0.3) is 11.3 Å². The number of aromatic nitrogens is 1. The Kier molecular flexibility index (Phi) is 2.64. The number of nitrogens with zero attached hydrogens (tertiary/aromatic N) is 1. The zero-order chi connectivity index (χ0) is 13.6. The molecule has 0 unspecified atom stereocenters. The molecule has 1 aromatic heterocycles.